The van der Waals surface area contributed by atoms with Gasteiger partial charge in [-0.05, 0) is 19.9 Å². The van der Waals surface area contributed by atoms with Gasteiger partial charge in [-0.3, -0.25) is 9.69 Å². The minimum atomic E-state index is 0. The molecule has 2 aliphatic rings. The molecule has 5 nitrogen and oxygen atoms in total. The number of morpholine rings is 1. The summed E-state index contributed by atoms with van der Waals surface area (Å²) in [4.78, 5) is 14.2. The van der Waals surface area contributed by atoms with E-state index in [1.807, 2.05) is 0 Å². The van der Waals surface area contributed by atoms with E-state index >= 15 is 0 Å². The molecule has 2 N–H and O–H groups in total. The molecule has 2 heterocycles. The van der Waals surface area contributed by atoms with Crippen LogP contribution in [0.2, 0.25) is 0 Å². The van der Waals surface area contributed by atoms with Crippen LogP contribution in [0.4, 0.5) is 0 Å². The summed E-state index contributed by atoms with van der Waals surface area (Å²) in [5, 5.41) is 6.28. The van der Waals surface area contributed by atoms with E-state index in [-0.39, 0.29) is 36.6 Å². The molecule has 0 aromatic rings. The molecule has 0 saturated carbocycles. The van der Waals surface area contributed by atoms with Crippen molar-refractivity contribution < 1.29 is 9.53 Å². The predicted molar refractivity (Wildman–Crippen MR) is 80.3 cm³/mol. The van der Waals surface area contributed by atoms with Crippen LogP contribution in [-0.4, -0.2) is 62.8 Å². The van der Waals surface area contributed by atoms with Gasteiger partial charge in [-0.1, -0.05) is 0 Å². The largest absolute Gasteiger partial charge is 0.379 e. The molecule has 2 unspecified atom stereocenters. The molecule has 114 valence electrons. The predicted octanol–water partition coefficient (Wildman–Crippen LogP) is 0.276. The molecule has 0 bridgehead atoms. The maximum atomic E-state index is 11.8. The lowest BCUT2D eigenvalue weighted by molar-refractivity contribution is -0.124. The molecular weight excluding hydrogens is 289 g/mol. The van der Waals surface area contributed by atoms with Crippen molar-refractivity contribution in [1.82, 2.24) is 15.5 Å². The summed E-state index contributed by atoms with van der Waals surface area (Å²) in [6.45, 7) is 8.28. The molecule has 1 amide bonds. The van der Waals surface area contributed by atoms with E-state index in [0.29, 0.717) is 6.04 Å². The highest BCUT2D eigenvalue weighted by Gasteiger charge is 2.23. The summed E-state index contributed by atoms with van der Waals surface area (Å²) in [6, 6.07) is 0.400. The number of amides is 1. The van der Waals surface area contributed by atoms with E-state index in [2.05, 4.69) is 22.5 Å². The Morgan fingerprint density at radius 1 is 1.42 bits per heavy atom. The first-order chi connectivity index (χ1) is 8.27. The van der Waals surface area contributed by atoms with Crippen molar-refractivity contribution in [3.8, 4) is 0 Å². The third-order valence-electron chi connectivity index (χ3n) is 3.67. The first-order valence-corrected chi connectivity index (χ1v) is 6.57. The highest BCUT2D eigenvalue weighted by Crippen LogP contribution is 2.08. The van der Waals surface area contributed by atoms with Gasteiger partial charge in [-0.15, -0.1) is 24.8 Å². The van der Waals surface area contributed by atoms with Crippen molar-refractivity contribution in [2.75, 3.05) is 45.9 Å². The van der Waals surface area contributed by atoms with Crippen molar-refractivity contribution in [1.29, 1.82) is 0 Å². The smallest absolute Gasteiger partial charge is 0.224 e. The molecule has 2 fully saturated rings. The number of carbonyl (C=O) groups is 1. The number of rotatable bonds is 4. The zero-order valence-corrected chi connectivity index (χ0v) is 13.0. The Morgan fingerprint density at radius 3 is 2.68 bits per heavy atom. The van der Waals surface area contributed by atoms with Gasteiger partial charge in [-0.2, -0.15) is 0 Å². The molecule has 0 spiro atoms. The highest BCUT2D eigenvalue weighted by atomic mass is 35.5. The van der Waals surface area contributed by atoms with Gasteiger partial charge in [0, 0.05) is 32.2 Å². The highest BCUT2D eigenvalue weighted by molar-refractivity contribution is 5.85. The zero-order chi connectivity index (χ0) is 12.1. The quantitative estimate of drug-likeness (QED) is 0.782. The van der Waals surface area contributed by atoms with E-state index < -0.39 is 0 Å². The maximum absolute atomic E-state index is 11.8. The normalized spacial score (nSPS) is 25.0. The van der Waals surface area contributed by atoms with Crippen molar-refractivity contribution in [2.24, 2.45) is 5.92 Å². The van der Waals surface area contributed by atoms with Gasteiger partial charge < -0.3 is 15.4 Å². The Kier molecular flexibility index (Phi) is 9.74. The third kappa shape index (κ3) is 5.83. The van der Waals surface area contributed by atoms with Gasteiger partial charge in [0.15, 0.2) is 0 Å². The second kappa shape index (κ2) is 9.77. The van der Waals surface area contributed by atoms with E-state index in [9.17, 15) is 4.79 Å². The van der Waals surface area contributed by atoms with Gasteiger partial charge in [0.1, 0.15) is 0 Å². The lowest BCUT2D eigenvalue weighted by Crippen LogP contribution is -2.48. The minimum Gasteiger partial charge on any atom is -0.379 e. The second-order valence-electron chi connectivity index (χ2n) is 4.93. The fourth-order valence-electron chi connectivity index (χ4n) is 2.42. The van der Waals surface area contributed by atoms with Crippen LogP contribution in [0.3, 0.4) is 0 Å². The first-order valence-electron chi connectivity index (χ1n) is 6.57. The van der Waals surface area contributed by atoms with Crippen LogP contribution in [0.1, 0.15) is 13.3 Å². The molecule has 2 atom stereocenters. The number of hydrogen-bond donors (Lipinski definition) is 2. The number of ether oxygens (including phenoxy) is 1. The Hall–Kier alpha value is -0.0700. The first kappa shape index (κ1) is 18.9. The topological polar surface area (TPSA) is 53.6 Å². The molecule has 0 aromatic heterocycles. The summed E-state index contributed by atoms with van der Waals surface area (Å²) < 4.78 is 5.32. The molecule has 0 radical (unpaired) electrons. The van der Waals surface area contributed by atoms with E-state index in [0.717, 1.165) is 52.4 Å². The van der Waals surface area contributed by atoms with Crippen LogP contribution in [0, 0.1) is 5.92 Å². The number of halogens is 2. The molecule has 19 heavy (non-hydrogen) atoms. The average Bonchev–Trinajstić information content (AvgIpc) is 2.90. The SMILES string of the molecule is CC(CNC(=O)C1CCNC1)N1CCOCC1.Cl.Cl. The summed E-state index contributed by atoms with van der Waals surface area (Å²) in [5.41, 5.74) is 0. The Labute approximate surface area is 127 Å². The molecule has 0 aliphatic carbocycles. The van der Waals surface area contributed by atoms with Gasteiger partial charge in [-0.25, -0.2) is 0 Å². The molecule has 2 aliphatic heterocycles. The Bertz CT molecular complexity index is 257. The molecule has 2 saturated heterocycles. The maximum Gasteiger partial charge on any atom is 0.224 e. The van der Waals surface area contributed by atoms with Crippen molar-refractivity contribution in [3.05, 3.63) is 0 Å². The Morgan fingerprint density at radius 2 is 2.11 bits per heavy atom. The standard InChI is InChI=1S/C12H23N3O2.2ClH/c1-10(15-4-6-17-7-5-15)8-14-12(16)11-2-3-13-9-11;;/h10-11,13H,2-9H2,1H3,(H,14,16);2*1H. The van der Waals surface area contributed by atoms with E-state index in [1.165, 1.54) is 0 Å². The molecule has 7 heteroatoms. The van der Waals surface area contributed by atoms with Crippen LogP contribution in [0.15, 0.2) is 0 Å². The van der Waals surface area contributed by atoms with Crippen molar-refractivity contribution in [2.45, 2.75) is 19.4 Å². The second-order valence-corrected chi connectivity index (χ2v) is 4.93. The average molecular weight is 314 g/mol. The molecule has 0 aromatic carbocycles. The van der Waals surface area contributed by atoms with Crippen LogP contribution < -0.4 is 10.6 Å². The van der Waals surface area contributed by atoms with E-state index in [4.69, 9.17) is 4.74 Å². The van der Waals surface area contributed by atoms with Crippen LogP contribution >= 0.6 is 24.8 Å². The fraction of sp³-hybridized carbons (Fsp3) is 0.917. The lowest BCUT2D eigenvalue weighted by atomic mass is 10.1. The monoisotopic (exact) mass is 313 g/mol. The molecule has 2 rings (SSSR count). The summed E-state index contributed by atoms with van der Waals surface area (Å²) >= 11 is 0. The summed E-state index contributed by atoms with van der Waals surface area (Å²) in [6.07, 6.45) is 0.970. The van der Waals surface area contributed by atoms with Gasteiger partial charge in [0.25, 0.3) is 0 Å². The van der Waals surface area contributed by atoms with Crippen molar-refractivity contribution in [3.63, 3.8) is 0 Å². The van der Waals surface area contributed by atoms with Crippen LogP contribution in [0.25, 0.3) is 0 Å². The Balaban J connectivity index is 0.00000162. The van der Waals surface area contributed by atoms with Gasteiger partial charge in [0.05, 0.1) is 19.1 Å². The van der Waals surface area contributed by atoms with Crippen LogP contribution in [0.5, 0.6) is 0 Å². The number of nitrogens with zero attached hydrogens (tertiary/aromatic N) is 1. The van der Waals surface area contributed by atoms with Gasteiger partial charge >= 0.3 is 0 Å². The summed E-state index contributed by atoms with van der Waals surface area (Å²) in [5.74, 6) is 0.377. The number of hydrogen-bond acceptors (Lipinski definition) is 4. The fourth-order valence-corrected chi connectivity index (χ4v) is 2.42. The van der Waals surface area contributed by atoms with Gasteiger partial charge in [0.2, 0.25) is 5.91 Å². The van der Waals surface area contributed by atoms with E-state index in [1.54, 1.807) is 0 Å². The van der Waals surface area contributed by atoms with Crippen molar-refractivity contribution >= 4 is 30.7 Å². The minimum absolute atomic E-state index is 0. The third-order valence-corrected chi connectivity index (χ3v) is 3.67. The number of carbonyl (C=O) groups excluding carboxylic acids is 1. The zero-order valence-electron chi connectivity index (χ0n) is 11.4. The lowest BCUT2D eigenvalue weighted by Gasteiger charge is -2.32. The van der Waals surface area contributed by atoms with Crippen LogP contribution in [-0.2, 0) is 9.53 Å². The number of nitrogens with one attached hydrogen (secondary N) is 2. The summed E-state index contributed by atoms with van der Waals surface area (Å²) in [7, 11) is 0. The molecular formula is C12H25Cl2N3O2.